The van der Waals surface area contributed by atoms with Gasteiger partial charge in [0.2, 0.25) is 0 Å². The lowest BCUT2D eigenvalue weighted by Gasteiger charge is -2.43. The number of hydrazone groups is 1. The number of anilines is 1. The summed E-state index contributed by atoms with van der Waals surface area (Å²) in [5, 5.41) is 12.0. The van der Waals surface area contributed by atoms with Gasteiger partial charge in [-0.15, -0.1) is 0 Å². The van der Waals surface area contributed by atoms with E-state index in [1.165, 1.54) is 18.4 Å². The summed E-state index contributed by atoms with van der Waals surface area (Å²) in [6.07, 6.45) is 7.03. The molecule has 1 fully saturated rings. The Hall–Kier alpha value is -2.73. The predicted octanol–water partition coefficient (Wildman–Crippen LogP) is 2.41. The number of rotatable bonds is 3. The van der Waals surface area contributed by atoms with Gasteiger partial charge < -0.3 is 15.4 Å². The fraction of sp³-hybridized carbons (Fsp3) is 0.381. The number of benzene rings is 1. The van der Waals surface area contributed by atoms with Crippen molar-refractivity contribution in [2.75, 3.05) is 18.4 Å². The molecule has 4 atom stereocenters. The molecule has 0 bridgehead atoms. The van der Waals surface area contributed by atoms with Crippen molar-refractivity contribution in [1.82, 2.24) is 15.7 Å². The molecule has 0 aliphatic carbocycles. The molecule has 138 valence electrons. The van der Waals surface area contributed by atoms with Crippen LogP contribution in [0.3, 0.4) is 0 Å². The first-order valence-electron chi connectivity index (χ1n) is 9.65. The number of carbonyl (C=O) groups excluding carboxylic acids is 1. The molecule has 4 heterocycles. The average molecular weight is 361 g/mol. The number of carbonyl (C=O) groups is 1. The van der Waals surface area contributed by atoms with E-state index >= 15 is 0 Å². The molecular formula is C21H23N5O. The van der Waals surface area contributed by atoms with Gasteiger partial charge in [-0.25, -0.2) is 0 Å². The fourth-order valence-corrected chi connectivity index (χ4v) is 4.79. The minimum atomic E-state index is -0.384. The average Bonchev–Trinajstić information content (AvgIpc) is 2.75. The largest absolute Gasteiger partial charge is 0.377 e. The number of aldehydes is 1. The van der Waals surface area contributed by atoms with Crippen LogP contribution in [0.2, 0.25) is 0 Å². The topological polar surface area (TPSA) is 78.4 Å². The predicted molar refractivity (Wildman–Crippen MR) is 105 cm³/mol. The van der Waals surface area contributed by atoms with Crippen molar-refractivity contribution in [3.63, 3.8) is 0 Å². The molecule has 3 aliphatic heterocycles. The van der Waals surface area contributed by atoms with Crippen molar-refractivity contribution in [3.8, 4) is 0 Å². The second-order valence-corrected chi connectivity index (χ2v) is 7.55. The van der Waals surface area contributed by atoms with E-state index in [0.29, 0.717) is 5.92 Å². The number of hydrogen-bond acceptors (Lipinski definition) is 6. The number of aromatic nitrogens is 1. The molecule has 0 radical (unpaired) electrons. The Balaban J connectivity index is 1.66. The van der Waals surface area contributed by atoms with Crippen molar-refractivity contribution in [2.45, 2.75) is 24.9 Å². The Morgan fingerprint density at radius 1 is 1.19 bits per heavy atom. The molecule has 1 aromatic heterocycles. The molecule has 6 heteroatoms. The second kappa shape index (κ2) is 6.78. The van der Waals surface area contributed by atoms with Gasteiger partial charge in [-0.1, -0.05) is 18.2 Å². The molecule has 4 unspecified atom stereocenters. The molecule has 6 nitrogen and oxygen atoms in total. The van der Waals surface area contributed by atoms with E-state index < -0.39 is 0 Å². The minimum Gasteiger partial charge on any atom is -0.377 e. The van der Waals surface area contributed by atoms with E-state index in [-0.39, 0.29) is 18.0 Å². The minimum absolute atomic E-state index is 0.111. The summed E-state index contributed by atoms with van der Waals surface area (Å²) in [6.45, 7) is 2.06. The number of nitrogens with zero attached hydrogens (tertiary/aromatic N) is 2. The van der Waals surface area contributed by atoms with Gasteiger partial charge in [0.05, 0.1) is 11.8 Å². The van der Waals surface area contributed by atoms with Crippen molar-refractivity contribution in [3.05, 3.63) is 59.4 Å². The van der Waals surface area contributed by atoms with Gasteiger partial charge in [0, 0.05) is 29.6 Å². The van der Waals surface area contributed by atoms with E-state index in [9.17, 15) is 4.79 Å². The van der Waals surface area contributed by atoms with Gasteiger partial charge in [0.25, 0.3) is 0 Å². The van der Waals surface area contributed by atoms with E-state index in [1.54, 1.807) is 0 Å². The first-order valence-corrected chi connectivity index (χ1v) is 9.65. The van der Waals surface area contributed by atoms with Crippen molar-refractivity contribution < 1.29 is 4.79 Å². The van der Waals surface area contributed by atoms with Crippen molar-refractivity contribution in [1.29, 1.82) is 0 Å². The van der Waals surface area contributed by atoms with Crippen LogP contribution in [0.4, 0.5) is 5.69 Å². The maximum absolute atomic E-state index is 11.5. The molecule has 0 amide bonds. The fourth-order valence-electron chi connectivity index (χ4n) is 4.79. The quantitative estimate of drug-likeness (QED) is 0.732. The van der Waals surface area contributed by atoms with E-state index in [4.69, 9.17) is 5.10 Å². The van der Waals surface area contributed by atoms with E-state index in [0.717, 1.165) is 41.9 Å². The molecule has 5 rings (SSSR count). The van der Waals surface area contributed by atoms with E-state index in [1.807, 2.05) is 30.6 Å². The Morgan fingerprint density at radius 3 is 2.93 bits per heavy atom. The first kappa shape index (κ1) is 16.4. The first-order chi connectivity index (χ1) is 13.4. The zero-order valence-electron chi connectivity index (χ0n) is 15.1. The Bertz CT molecular complexity index is 875. The third kappa shape index (κ3) is 2.72. The Kier molecular flexibility index (Phi) is 4.13. The van der Waals surface area contributed by atoms with Crippen LogP contribution in [0.5, 0.6) is 0 Å². The number of piperidine rings is 1. The van der Waals surface area contributed by atoms with Gasteiger partial charge in [-0.05, 0) is 55.1 Å². The van der Waals surface area contributed by atoms with Crippen LogP contribution in [0.15, 0.2) is 47.8 Å². The third-order valence-corrected chi connectivity index (χ3v) is 6.02. The lowest BCUT2D eigenvalue weighted by Crippen LogP contribution is -2.46. The molecule has 1 aromatic carbocycles. The monoisotopic (exact) mass is 361 g/mol. The maximum atomic E-state index is 11.5. The standard InChI is InChI=1S/C21H23N5O/c27-12-17-15-6-1-7-16-19(15)21(26-25-17)18(13-4-2-8-22-10-13)20(24-16)14-5-3-9-23-11-14/h1,3,5-7,9,11-13,17-18,20,22,24-25H,2,4,8,10H2. The number of hydrogen-bond donors (Lipinski definition) is 3. The number of pyridine rings is 1. The van der Waals surface area contributed by atoms with Gasteiger partial charge in [-0.2, -0.15) is 5.10 Å². The smallest absolute Gasteiger partial charge is 0.148 e. The molecule has 2 aromatic rings. The van der Waals surface area contributed by atoms with Crippen LogP contribution < -0.4 is 16.1 Å². The summed E-state index contributed by atoms with van der Waals surface area (Å²) >= 11 is 0. The highest BCUT2D eigenvalue weighted by Gasteiger charge is 2.43. The van der Waals surface area contributed by atoms with E-state index in [2.05, 4.69) is 33.2 Å². The number of nitrogens with one attached hydrogen (secondary N) is 3. The van der Waals surface area contributed by atoms with Gasteiger partial charge in [0.1, 0.15) is 12.3 Å². The summed E-state index contributed by atoms with van der Waals surface area (Å²) in [4.78, 5) is 15.9. The molecule has 1 saturated heterocycles. The summed E-state index contributed by atoms with van der Waals surface area (Å²) in [5.74, 6) is 0.696. The SMILES string of the molecule is O=CC1NN=C2c3c(cccc31)NC(c1cccnc1)C2C1CCCNC1. The summed E-state index contributed by atoms with van der Waals surface area (Å²) < 4.78 is 0. The van der Waals surface area contributed by atoms with Crippen LogP contribution in [0.25, 0.3) is 0 Å². The van der Waals surface area contributed by atoms with Crippen molar-refractivity contribution >= 4 is 17.7 Å². The molecule has 0 spiro atoms. The molecule has 3 N–H and O–H groups in total. The Labute approximate surface area is 158 Å². The normalized spacial score (nSPS) is 29.0. The van der Waals surface area contributed by atoms with Crippen LogP contribution in [0.1, 0.15) is 41.6 Å². The highest BCUT2D eigenvalue weighted by atomic mass is 16.1. The summed E-state index contributed by atoms with van der Waals surface area (Å²) in [7, 11) is 0. The maximum Gasteiger partial charge on any atom is 0.148 e. The Morgan fingerprint density at radius 2 is 2.15 bits per heavy atom. The van der Waals surface area contributed by atoms with Crippen LogP contribution in [-0.4, -0.2) is 30.1 Å². The second-order valence-electron chi connectivity index (χ2n) is 7.55. The zero-order chi connectivity index (χ0) is 18.2. The summed E-state index contributed by atoms with van der Waals surface area (Å²) in [6, 6.07) is 9.97. The zero-order valence-corrected chi connectivity index (χ0v) is 15.1. The van der Waals surface area contributed by atoms with Gasteiger partial charge >= 0.3 is 0 Å². The van der Waals surface area contributed by atoms with Crippen LogP contribution >= 0.6 is 0 Å². The van der Waals surface area contributed by atoms with Gasteiger partial charge in [-0.3, -0.25) is 10.4 Å². The van der Waals surface area contributed by atoms with Gasteiger partial charge in [0.15, 0.2) is 0 Å². The highest BCUT2D eigenvalue weighted by Crippen LogP contribution is 2.45. The summed E-state index contributed by atoms with van der Waals surface area (Å²) in [5.41, 5.74) is 8.49. The lowest BCUT2D eigenvalue weighted by atomic mass is 9.71. The highest BCUT2D eigenvalue weighted by molar-refractivity contribution is 6.11. The third-order valence-electron chi connectivity index (χ3n) is 6.02. The lowest BCUT2D eigenvalue weighted by molar-refractivity contribution is -0.109. The molecular weight excluding hydrogens is 338 g/mol. The molecule has 0 saturated carbocycles. The van der Waals surface area contributed by atoms with Crippen LogP contribution in [0, 0.1) is 11.8 Å². The molecule has 3 aliphatic rings. The van der Waals surface area contributed by atoms with Crippen molar-refractivity contribution in [2.24, 2.45) is 16.9 Å². The van der Waals surface area contributed by atoms with Crippen LogP contribution in [-0.2, 0) is 4.79 Å². The molecule has 27 heavy (non-hydrogen) atoms.